The van der Waals surface area contributed by atoms with E-state index in [1.807, 2.05) is 6.07 Å². The number of hydrogen-bond acceptors (Lipinski definition) is 5. The Kier molecular flexibility index (Phi) is 3.44. The summed E-state index contributed by atoms with van der Waals surface area (Å²) in [7, 11) is 0. The zero-order chi connectivity index (χ0) is 18.4. The summed E-state index contributed by atoms with van der Waals surface area (Å²) < 4.78 is 18.7. The van der Waals surface area contributed by atoms with Crippen molar-refractivity contribution in [3.05, 3.63) is 93.8 Å². The second-order valence-electron chi connectivity index (χ2n) is 5.92. The zero-order valence-corrected chi connectivity index (χ0v) is 13.3. The van der Waals surface area contributed by atoms with Crippen molar-refractivity contribution in [1.82, 2.24) is 0 Å². The van der Waals surface area contributed by atoms with Gasteiger partial charge in [-0.3, -0.25) is 9.59 Å². The highest BCUT2D eigenvalue weighted by molar-refractivity contribution is 6.27. The zero-order valence-electron chi connectivity index (χ0n) is 13.3. The summed E-state index contributed by atoms with van der Waals surface area (Å²) in [5.41, 5.74) is 6.84. The highest BCUT2D eigenvalue weighted by Crippen LogP contribution is 2.43. The van der Waals surface area contributed by atoms with Crippen LogP contribution in [0.25, 0.3) is 0 Å². The average molecular weight is 346 g/mol. The fourth-order valence-electron chi connectivity index (χ4n) is 3.30. The number of ether oxygens (including phenoxy) is 1. The van der Waals surface area contributed by atoms with Gasteiger partial charge in [0.1, 0.15) is 17.5 Å². The fraction of sp³-hybridized carbons (Fsp3) is 0.0500. The fourth-order valence-corrected chi connectivity index (χ4v) is 3.30. The Balaban J connectivity index is 1.97. The lowest BCUT2D eigenvalue weighted by molar-refractivity contribution is 0.0897. The topological polar surface area (TPSA) is 93.2 Å². The number of halogens is 1. The molecule has 1 aliphatic carbocycles. The number of rotatable bonds is 1. The molecule has 2 aromatic carbocycles. The molecule has 0 fully saturated rings. The molecular formula is C20H11FN2O3. The van der Waals surface area contributed by atoms with Gasteiger partial charge in [0.15, 0.2) is 11.5 Å². The van der Waals surface area contributed by atoms with E-state index in [2.05, 4.69) is 0 Å². The Morgan fingerprint density at radius 1 is 1.00 bits per heavy atom. The third kappa shape index (κ3) is 2.15. The minimum atomic E-state index is -0.894. The Bertz CT molecular complexity index is 1070. The van der Waals surface area contributed by atoms with E-state index in [0.717, 1.165) is 0 Å². The predicted molar refractivity (Wildman–Crippen MR) is 89.2 cm³/mol. The highest BCUT2D eigenvalue weighted by atomic mass is 19.1. The first-order chi connectivity index (χ1) is 12.5. The second kappa shape index (κ2) is 5.67. The summed E-state index contributed by atoms with van der Waals surface area (Å²) in [4.78, 5) is 25.9. The molecule has 5 nitrogen and oxygen atoms in total. The van der Waals surface area contributed by atoms with Crippen LogP contribution in [0.4, 0.5) is 4.39 Å². The molecule has 1 heterocycles. The summed E-state index contributed by atoms with van der Waals surface area (Å²) in [6.07, 6.45) is 0. The molecule has 0 amide bonds. The summed E-state index contributed by atoms with van der Waals surface area (Å²) in [6, 6.07) is 13.7. The van der Waals surface area contributed by atoms with E-state index in [4.69, 9.17) is 10.5 Å². The van der Waals surface area contributed by atoms with E-state index in [-0.39, 0.29) is 33.9 Å². The van der Waals surface area contributed by atoms with E-state index in [1.54, 1.807) is 18.2 Å². The maximum absolute atomic E-state index is 13.3. The number of carbonyl (C=O) groups is 2. The van der Waals surface area contributed by atoms with Crippen LogP contribution in [0.2, 0.25) is 0 Å². The quantitative estimate of drug-likeness (QED) is 0.857. The Morgan fingerprint density at radius 2 is 1.62 bits per heavy atom. The molecule has 0 radical (unpaired) electrons. The van der Waals surface area contributed by atoms with Gasteiger partial charge in [-0.1, -0.05) is 36.4 Å². The van der Waals surface area contributed by atoms with Gasteiger partial charge >= 0.3 is 0 Å². The lowest BCUT2D eigenvalue weighted by atomic mass is 9.75. The summed E-state index contributed by atoms with van der Waals surface area (Å²) >= 11 is 0. The number of hydrogen-bond donors (Lipinski definition) is 1. The largest absolute Gasteiger partial charge is 0.436 e. The van der Waals surface area contributed by atoms with Gasteiger partial charge in [0.05, 0.1) is 11.5 Å². The summed E-state index contributed by atoms with van der Waals surface area (Å²) in [5.74, 6) is -2.65. The number of carbonyl (C=O) groups excluding carboxylic acids is 2. The Labute approximate surface area is 147 Å². The van der Waals surface area contributed by atoms with Crippen LogP contribution in [0.1, 0.15) is 32.2 Å². The van der Waals surface area contributed by atoms with Crippen molar-refractivity contribution in [2.45, 2.75) is 5.92 Å². The molecule has 26 heavy (non-hydrogen) atoms. The first-order valence-corrected chi connectivity index (χ1v) is 7.78. The predicted octanol–water partition coefficient (Wildman–Crippen LogP) is 2.97. The van der Waals surface area contributed by atoms with Crippen LogP contribution in [0.15, 0.2) is 71.3 Å². The molecule has 126 valence electrons. The number of ketones is 2. The Morgan fingerprint density at radius 3 is 2.23 bits per heavy atom. The van der Waals surface area contributed by atoms with Crippen LogP contribution in [0.5, 0.6) is 0 Å². The van der Waals surface area contributed by atoms with Crippen molar-refractivity contribution in [2.24, 2.45) is 5.73 Å². The lowest BCUT2D eigenvalue weighted by Crippen LogP contribution is -2.32. The van der Waals surface area contributed by atoms with Crippen LogP contribution < -0.4 is 5.73 Å². The molecular weight excluding hydrogens is 335 g/mol. The van der Waals surface area contributed by atoms with Gasteiger partial charge in [0.25, 0.3) is 0 Å². The van der Waals surface area contributed by atoms with Crippen LogP contribution in [-0.4, -0.2) is 11.6 Å². The number of Topliss-reactive ketones (excluding diaryl/α,β-unsaturated/α-hetero) is 2. The number of fused-ring (bicyclic) bond motifs is 1. The van der Waals surface area contributed by atoms with Gasteiger partial charge in [-0.2, -0.15) is 5.26 Å². The smallest absolute Gasteiger partial charge is 0.229 e. The first kappa shape index (κ1) is 15.8. The van der Waals surface area contributed by atoms with Crippen molar-refractivity contribution in [1.29, 1.82) is 5.26 Å². The molecule has 1 aliphatic heterocycles. The van der Waals surface area contributed by atoms with Gasteiger partial charge in [0, 0.05) is 11.1 Å². The minimum absolute atomic E-state index is 0.0101. The van der Waals surface area contributed by atoms with Crippen molar-refractivity contribution in [3.8, 4) is 6.07 Å². The van der Waals surface area contributed by atoms with Crippen LogP contribution in [-0.2, 0) is 4.74 Å². The molecule has 4 rings (SSSR count). The normalized spacial score (nSPS) is 18.8. The van der Waals surface area contributed by atoms with Gasteiger partial charge in [-0.05, 0) is 17.7 Å². The van der Waals surface area contributed by atoms with E-state index in [1.165, 1.54) is 30.3 Å². The first-order valence-electron chi connectivity index (χ1n) is 7.78. The molecule has 0 spiro atoms. The number of nitriles is 1. The van der Waals surface area contributed by atoms with Crippen molar-refractivity contribution in [3.63, 3.8) is 0 Å². The number of nitrogens with two attached hydrogens (primary N) is 1. The van der Waals surface area contributed by atoms with Gasteiger partial charge in [-0.15, -0.1) is 0 Å². The van der Waals surface area contributed by atoms with Crippen LogP contribution in [0, 0.1) is 17.1 Å². The minimum Gasteiger partial charge on any atom is -0.436 e. The maximum atomic E-state index is 13.3. The van der Waals surface area contributed by atoms with E-state index in [0.29, 0.717) is 5.56 Å². The molecule has 0 saturated carbocycles. The van der Waals surface area contributed by atoms with Crippen LogP contribution >= 0.6 is 0 Å². The van der Waals surface area contributed by atoms with E-state index in [9.17, 15) is 19.2 Å². The summed E-state index contributed by atoms with van der Waals surface area (Å²) in [5, 5.41) is 9.52. The number of allylic oxidation sites excluding steroid dienone is 3. The summed E-state index contributed by atoms with van der Waals surface area (Å²) in [6.45, 7) is 0. The molecule has 0 bridgehead atoms. The molecule has 1 unspecified atom stereocenters. The third-order valence-electron chi connectivity index (χ3n) is 4.49. The number of benzene rings is 2. The van der Waals surface area contributed by atoms with Gasteiger partial charge in [0.2, 0.25) is 11.7 Å². The lowest BCUT2D eigenvalue weighted by Gasteiger charge is -2.30. The van der Waals surface area contributed by atoms with Crippen molar-refractivity contribution < 1.29 is 18.7 Å². The number of nitrogens with zero attached hydrogens (tertiary/aromatic N) is 1. The third-order valence-corrected chi connectivity index (χ3v) is 4.49. The molecule has 0 aromatic heterocycles. The maximum Gasteiger partial charge on any atom is 0.229 e. The molecule has 2 N–H and O–H groups in total. The van der Waals surface area contributed by atoms with E-state index >= 15 is 0 Å². The monoisotopic (exact) mass is 346 g/mol. The second-order valence-corrected chi connectivity index (χ2v) is 5.92. The van der Waals surface area contributed by atoms with Crippen molar-refractivity contribution >= 4 is 11.6 Å². The molecule has 2 aliphatic rings. The average Bonchev–Trinajstić information content (AvgIpc) is 2.66. The molecule has 1 atom stereocenters. The molecule has 2 aromatic rings. The SMILES string of the molecule is N#CC1=C(N)OC2=C(C(=O)c3ccccc3C2=O)C1c1ccc(F)cc1. The molecule has 6 heteroatoms. The van der Waals surface area contributed by atoms with Crippen molar-refractivity contribution in [2.75, 3.05) is 0 Å². The standard InChI is InChI=1S/C20H11FN2O3/c21-11-7-5-10(6-8-11)15-14(9-22)20(23)26-19-16(15)17(24)12-3-1-2-4-13(12)18(19)25/h1-8,15H,23H2. The van der Waals surface area contributed by atoms with Crippen LogP contribution in [0.3, 0.4) is 0 Å². The molecule has 0 saturated heterocycles. The Hall–Kier alpha value is -3.72. The van der Waals surface area contributed by atoms with Gasteiger partial charge < -0.3 is 10.5 Å². The van der Waals surface area contributed by atoms with Gasteiger partial charge in [-0.25, -0.2) is 4.39 Å². The van der Waals surface area contributed by atoms with E-state index < -0.39 is 23.3 Å². The highest BCUT2D eigenvalue weighted by Gasteiger charge is 2.43.